The molecule has 1 heterocycles. The summed E-state index contributed by atoms with van der Waals surface area (Å²) in [6, 6.07) is 14.5. The summed E-state index contributed by atoms with van der Waals surface area (Å²) in [6.07, 6.45) is 2.79. The number of hydrogen-bond acceptors (Lipinski definition) is 3. The van der Waals surface area contributed by atoms with Crippen LogP contribution >= 0.6 is 12.2 Å². The fraction of sp³-hybridized carbons (Fsp3) is 0.118. The van der Waals surface area contributed by atoms with Crippen LogP contribution in [0.3, 0.4) is 0 Å². The highest BCUT2D eigenvalue weighted by Gasteiger charge is 2.13. The number of anilines is 1. The van der Waals surface area contributed by atoms with Crippen molar-refractivity contribution < 1.29 is 4.92 Å². The van der Waals surface area contributed by atoms with Gasteiger partial charge in [0, 0.05) is 29.7 Å². The molecule has 0 fully saturated rings. The molecule has 0 aliphatic rings. The van der Waals surface area contributed by atoms with Gasteiger partial charge in [0.15, 0.2) is 5.11 Å². The summed E-state index contributed by atoms with van der Waals surface area (Å²) in [5.74, 6) is 0. The molecule has 0 amide bonds. The van der Waals surface area contributed by atoms with Gasteiger partial charge in [0.05, 0.1) is 4.92 Å². The molecule has 0 unspecified atom stereocenters. The van der Waals surface area contributed by atoms with E-state index in [-0.39, 0.29) is 5.69 Å². The van der Waals surface area contributed by atoms with E-state index < -0.39 is 4.92 Å². The van der Waals surface area contributed by atoms with Gasteiger partial charge in [-0.05, 0) is 36.3 Å². The van der Waals surface area contributed by atoms with Crippen molar-refractivity contribution in [3.8, 4) is 0 Å². The lowest BCUT2D eigenvalue weighted by molar-refractivity contribution is -0.383. The molecule has 7 heteroatoms. The molecule has 0 spiro atoms. The Morgan fingerprint density at radius 3 is 2.75 bits per heavy atom. The third kappa shape index (κ3) is 3.52. The van der Waals surface area contributed by atoms with Crippen molar-refractivity contribution in [1.29, 1.82) is 0 Å². The molecule has 3 aromatic rings. The molecule has 0 aliphatic heterocycles. The van der Waals surface area contributed by atoms with Crippen LogP contribution in [0.1, 0.15) is 5.56 Å². The highest BCUT2D eigenvalue weighted by Crippen LogP contribution is 2.23. The highest BCUT2D eigenvalue weighted by atomic mass is 32.1. The molecule has 0 saturated carbocycles. The number of hydrogen-bond donors (Lipinski definition) is 3. The smallest absolute Gasteiger partial charge is 0.292 e. The van der Waals surface area contributed by atoms with Crippen LogP contribution in [0, 0.1) is 10.1 Å². The number of para-hydroxylation sites is 3. The molecular weight excluding hydrogens is 324 g/mol. The van der Waals surface area contributed by atoms with E-state index in [1.807, 2.05) is 24.4 Å². The van der Waals surface area contributed by atoms with Crippen molar-refractivity contribution in [2.24, 2.45) is 0 Å². The summed E-state index contributed by atoms with van der Waals surface area (Å²) in [6.45, 7) is 0.633. The second-order valence-electron chi connectivity index (χ2n) is 5.26. The first-order chi connectivity index (χ1) is 11.6. The van der Waals surface area contributed by atoms with Crippen molar-refractivity contribution >= 4 is 39.6 Å². The number of H-pyrrole nitrogens is 1. The Labute approximate surface area is 144 Å². The molecule has 2 aromatic carbocycles. The number of fused-ring (bicyclic) bond motifs is 1. The molecule has 0 saturated heterocycles. The molecule has 1 aromatic heterocycles. The van der Waals surface area contributed by atoms with E-state index in [1.54, 1.807) is 18.2 Å². The van der Waals surface area contributed by atoms with Gasteiger partial charge in [-0.25, -0.2) is 0 Å². The second kappa shape index (κ2) is 7.10. The van der Waals surface area contributed by atoms with E-state index in [4.69, 9.17) is 12.2 Å². The summed E-state index contributed by atoms with van der Waals surface area (Å²) < 4.78 is 0. The molecule has 0 aliphatic carbocycles. The van der Waals surface area contributed by atoms with Crippen LogP contribution < -0.4 is 10.6 Å². The van der Waals surface area contributed by atoms with Gasteiger partial charge in [-0.1, -0.05) is 30.3 Å². The maximum atomic E-state index is 11.0. The fourth-order valence-electron chi connectivity index (χ4n) is 2.55. The Balaban J connectivity index is 1.58. The van der Waals surface area contributed by atoms with Crippen molar-refractivity contribution in [3.05, 3.63) is 70.4 Å². The molecule has 24 heavy (non-hydrogen) atoms. The van der Waals surface area contributed by atoms with Gasteiger partial charge < -0.3 is 15.6 Å². The second-order valence-corrected chi connectivity index (χ2v) is 5.67. The lowest BCUT2D eigenvalue weighted by Gasteiger charge is -2.10. The molecule has 122 valence electrons. The first-order valence-corrected chi connectivity index (χ1v) is 7.89. The zero-order valence-electron chi connectivity index (χ0n) is 12.8. The fourth-order valence-corrected chi connectivity index (χ4v) is 2.77. The minimum absolute atomic E-state index is 0.00159. The quantitative estimate of drug-likeness (QED) is 0.375. The van der Waals surface area contributed by atoms with Crippen molar-refractivity contribution in [2.75, 3.05) is 11.9 Å². The van der Waals surface area contributed by atoms with Gasteiger partial charge in [-0.15, -0.1) is 0 Å². The topological polar surface area (TPSA) is 83.0 Å². The van der Waals surface area contributed by atoms with E-state index in [9.17, 15) is 10.1 Å². The molecule has 3 N–H and O–H groups in total. The zero-order chi connectivity index (χ0) is 16.9. The number of benzene rings is 2. The normalized spacial score (nSPS) is 10.5. The number of aromatic amines is 1. The minimum Gasteiger partial charge on any atom is -0.362 e. The lowest BCUT2D eigenvalue weighted by atomic mass is 10.1. The molecule has 0 radical (unpaired) electrons. The van der Waals surface area contributed by atoms with Gasteiger partial charge in [0.25, 0.3) is 5.69 Å². The number of thiocarbonyl (C=S) groups is 1. The predicted molar refractivity (Wildman–Crippen MR) is 99.3 cm³/mol. The Morgan fingerprint density at radius 1 is 1.17 bits per heavy atom. The Kier molecular flexibility index (Phi) is 4.72. The molecular formula is C17H16N4O2S. The van der Waals surface area contributed by atoms with Crippen LogP contribution in [-0.2, 0) is 6.42 Å². The standard InChI is InChI=1S/C17H16N4O2S/c22-21(23)16-8-4-3-7-15(16)20-17(24)18-10-9-12-11-19-14-6-2-1-5-13(12)14/h1-8,11,19H,9-10H2,(H2,18,20,24). The van der Waals surface area contributed by atoms with E-state index in [0.717, 1.165) is 11.9 Å². The molecule has 0 atom stereocenters. The van der Waals surface area contributed by atoms with Crippen molar-refractivity contribution in [3.63, 3.8) is 0 Å². The maximum Gasteiger partial charge on any atom is 0.292 e. The van der Waals surface area contributed by atoms with Gasteiger partial charge in [-0.3, -0.25) is 10.1 Å². The van der Waals surface area contributed by atoms with E-state index in [2.05, 4.69) is 21.7 Å². The predicted octanol–water partition coefficient (Wildman–Crippen LogP) is 3.61. The van der Waals surface area contributed by atoms with E-state index >= 15 is 0 Å². The SMILES string of the molecule is O=[N+]([O-])c1ccccc1NC(=S)NCCc1c[nH]c2ccccc12. The summed E-state index contributed by atoms with van der Waals surface area (Å²) in [5, 5.41) is 18.5. The summed E-state index contributed by atoms with van der Waals surface area (Å²) in [7, 11) is 0. The minimum atomic E-state index is -0.434. The number of rotatable bonds is 5. The summed E-state index contributed by atoms with van der Waals surface area (Å²) in [5.41, 5.74) is 2.69. The Morgan fingerprint density at radius 2 is 1.92 bits per heavy atom. The first-order valence-electron chi connectivity index (χ1n) is 7.48. The Bertz CT molecular complexity index is 891. The number of nitro benzene ring substituents is 1. The van der Waals surface area contributed by atoms with Gasteiger partial charge >= 0.3 is 0 Å². The molecule has 0 bridgehead atoms. The highest BCUT2D eigenvalue weighted by molar-refractivity contribution is 7.80. The van der Waals surface area contributed by atoms with Gasteiger partial charge in [0.1, 0.15) is 5.69 Å². The van der Waals surface area contributed by atoms with Crippen LogP contribution in [0.4, 0.5) is 11.4 Å². The van der Waals surface area contributed by atoms with Crippen LogP contribution in [0.5, 0.6) is 0 Å². The van der Waals surface area contributed by atoms with Crippen molar-refractivity contribution in [1.82, 2.24) is 10.3 Å². The van der Waals surface area contributed by atoms with E-state index in [0.29, 0.717) is 17.3 Å². The number of nitro groups is 1. The maximum absolute atomic E-state index is 11.0. The largest absolute Gasteiger partial charge is 0.362 e. The lowest BCUT2D eigenvalue weighted by Crippen LogP contribution is -2.30. The average Bonchev–Trinajstić information content (AvgIpc) is 2.98. The molecule has 6 nitrogen and oxygen atoms in total. The number of nitrogens with zero attached hydrogens (tertiary/aromatic N) is 1. The average molecular weight is 340 g/mol. The summed E-state index contributed by atoms with van der Waals surface area (Å²) in [4.78, 5) is 13.8. The Hall–Kier alpha value is -2.93. The van der Waals surface area contributed by atoms with Crippen LogP contribution in [0.2, 0.25) is 0 Å². The monoisotopic (exact) mass is 340 g/mol. The van der Waals surface area contributed by atoms with Crippen LogP contribution in [-0.4, -0.2) is 21.6 Å². The van der Waals surface area contributed by atoms with E-state index in [1.165, 1.54) is 17.0 Å². The van der Waals surface area contributed by atoms with Gasteiger partial charge in [0.2, 0.25) is 0 Å². The third-order valence-corrected chi connectivity index (χ3v) is 3.95. The zero-order valence-corrected chi connectivity index (χ0v) is 13.6. The molecule has 3 rings (SSSR count). The first kappa shape index (κ1) is 15.9. The van der Waals surface area contributed by atoms with Crippen LogP contribution in [0.15, 0.2) is 54.7 Å². The number of aromatic nitrogens is 1. The third-order valence-electron chi connectivity index (χ3n) is 3.70. The summed E-state index contributed by atoms with van der Waals surface area (Å²) >= 11 is 5.22. The number of nitrogens with one attached hydrogen (secondary N) is 3. The van der Waals surface area contributed by atoms with Gasteiger partial charge in [-0.2, -0.15) is 0 Å². The van der Waals surface area contributed by atoms with Crippen molar-refractivity contribution in [2.45, 2.75) is 6.42 Å². The van der Waals surface area contributed by atoms with Crippen LogP contribution in [0.25, 0.3) is 10.9 Å².